The number of ether oxygens (including phenoxy) is 4. The molecular formula is C21H23IN2O6. The van der Waals surface area contributed by atoms with Gasteiger partial charge >= 0.3 is 5.97 Å². The fraction of sp³-hybridized carbons (Fsp3) is 0.286. The molecule has 0 heterocycles. The Kier molecular flexibility index (Phi) is 9.39. The quantitative estimate of drug-likeness (QED) is 0.221. The summed E-state index contributed by atoms with van der Waals surface area (Å²) in [6.07, 6.45) is 1.49. The van der Waals surface area contributed by atoms with Crippen LogP contribution in [0.15, 0.2) is 41.5 Å². The maximum Gasteiger partial charge on any atom is 0.344 e. The number of rotatable bonds is 10. The smallest absolute Gasteiger partial charge is 0.344 e. The van der Waals surface area contributed by atoms with Crippen LogP contribution < -0.4 is 19.6 Å². The van der Waals surface area contributed by atoms with Crippen LogP contribution in [0, 0.1) is 3.57 Å². The van der Waals surface area contributed by atoms with Gasteiger partial charge in [-0.1, -0.05) is 0 Å². The second-order valence-corrected chi connectivity index (χ2v) is 6.94. The molecule has 30 heavy (non-hydrogen) atoms. The van der Waals surface area contributed by atoms with E-state index in [0.29, 0.717) is 35.0 Å². The summed E-state index contributed by atoms with van der Waals surface area (Å²) >= 11 is 2.13. The van der Waals surface area contributed by atoms with Crippen molar-refractivity contribution in [3.63, 3.8) is 0 Å². The highest BCUT2D eigenvalue weighted by molar-refractivity contribution is 14.1. The van der Waals surface area contributed by atoms with Gasteiger partial charge in [0.15, 0.2) is 18.1 Å². The molecule has 0 spiro atoms. The lowest BCUT2D eigenvalue weighted by atomic mass is 10.2. The van der Waals surface area contributed by atoms with Crippen molar-refractivity contribution >= 4 is 40.7 Å². The number of benzene rings is 2. The first-order valence-electron chi connectivity index (χ1n) is 9.20. The molecule has 8 nitrogen and oxygen atoms in total. The van der Waals surface area contributed by atoms with E-state index in [4.69, 9.17) is 18.9 Å². The molecule has 0 saturated carbocycles. The van der Waals surface area contributed by atoms with Crippen molar-refractivity contribution < 1.29 is 28.5 Å². The summed E-state index contributed by atoms with van der Waals surface area (Å²) in [5.41, 5.74) is 3.59. The fourth-order valence-electron chi connectivity index (χ4n) is 2.36. The van der Waals surface area contributed by atoms with E-state index in [1.807, 2.05) is 6.92 Å². The van der Waals surface area contributed by atoms with Gasteiger partial charge in [-0.15, -0.1) is 0 Å². The van der Waals surface area contributed by atoms with Gasteiger partial charge in [-0.2, -0.15) is 5.10 Å². The molecule has 2 aromatic rings. The summed E-state index contributed by atoms with van der Waals surface area (Å²) in [5, 5.41) is 3.99. The van der Waals surface area contributed by atoms with Gasteiger partial charge in [-0.3, -0.25) is 4.79 Å². The summed E-state index contributed by atoms with van der Waals surface area (Å²) in [6.45, 7) is 4.06. The van der Waals surface area contributed by atoms with Gasteiger partial charge in [0.2, 0.25) is 0 Å². The Balaban J connectivity index is 2.04. The van der Waals surface area contributed by atoms with Crippen molar-refractivity contribution in [1.82, 2.24) is 5.43 Å². The fourth-order valence-corrected chi connectivity index (χ4v) is 2.92. The predicted molar refractivity (Wildman–Crippen MR) is 121 cm³/mol. The highest BCUT2D eigenvalue weighted by Gasteiger charge is 2.10. The molecule has 0 radical (unpaired) electrons. The Morgan fingerprint density at radius 2 is 1.83 bits per heavy atom. The molecule has 1 N–H and O–H groups in total. The average Bonchev–Trinajstić information content (AvgIpc) is 2.74. The lowest BCUT2D eigenvalue weighted by Crippen LogP contribution is -2.17. The van der Waals surface area contributed by atoms with E-state index >= 15 is 0 Å². The number of carbonyl (C=O) groups excluding carboxylic acids is 2. The van der Waals surface area contributed by atoms with Gasteiger partial charge in [-0.25, -0.2) is 10.2 Å². The van der Waals surface area contributed by atoms with Crippen LogP contribution in [-0.4, -0.2) is 45.0 Å². The van der Waals surface area contributed by atoms with Crippen molar-refractivity contribution in [3.8, 4) is 17.2 Å². The van der Waals surface area contributed by atoms with Gasteiger partial charge in [0.25, 0.3) is 5.91 Å². The minimum absolute atomic E-state index is 0.211. The number of halogens is 1. The zero-order valence-corrected chi connectivity index (χ0v) is 19.1. The van der Waals surface area contributed by atoms with Crippen LogP contribution in [-0.2, 0) is 9.53 Å². The molecule has 0 fully saturated rings. The topological polar surface area (TPSA) is 95.5 Å². The summed E-state index contributed by atoms with van der Waals surface area (Å²) in [7, 11) is 1.55. The highest BCUT2D eigenvalue weighted by Crippen LogP contribution is 2.28. The van der Waals surface area contributed by atoms with Crippen LogP contribution in [0.25, 0.3) is 0 Å². The second kappa shape index (κ2) is 12.0. The van der Waals surface area contributed by atoms with Crippen molar-refractivity contribution in [2.24, 2.45) is 5.10 Å². The van der Waals surface area contributed by atoms with E-state index in [-0.39, 0.29) is 19.1 Å². The van der Waals surface area contributed by atoms with E-state index in [2.05, 4.69) is 33.1 Å². The van der Waals surface area contributed by atoms with E-state index < -0.39 is 5.97 Å². The maximum atomic E-state index is 12.3. The first-order valence-corrected chi connectivity index (χ1v) is 10.3. The second-order valence-electron chi connectivity index (χ2n) is 5.78. The number of methoxy groups -OCH3 is 1. The Morgan fingerprint density at radius 3 is 2.53 bits per heavy atom. The number of amides is 1. The molecule has 1 amide bonds. The molecule has 0 aliphatic rings. The Morgan fingerprint density at radius 1 is 1.03 bits per heavy atom. The molecule has 0 atom stereocenters. The zero-order valence-electron chi connectivity index (χ0n) is 16.9. The third-order valence-corrected chi connectivity index (χ3v) is 4.60. The zero-order chi connectivity index (χ0) is 21.9. The van der Waals surface area contributed by atoms with E-state index in [1.165, 1.54) is 6.21 Å². The molecule has 0 aliphatic heterocycles. The molecule has 0 unspecified atom stereocenters. The lowest BCUT2D eigenvalue weighted by Gasteiger charge is -2.12. The van der Waals surface area contributed by atoms with Crippen LogP contribution in [0.1, 0.15) is 29.8 Å². The van der Waals surface area contributed by atoms with E-state index in [0.717, 1.165) is 3.57 Å². The van der Waals surface area contributed by atoms with Gasteiger partial charge < -0.3 is 18.9 Å². The van der Waals surface area contributed by atoms with Crippen LogP contribution in [0.3, 0.4) is 0 Å². The van der Waals surface area contributed by atoms with Crippen LogP contribution >= 0.6 is 22.6 Å². The molecule has 0 aliphatic carbocycles. The number of esters is 1. The number of nitrogens with one attached hydrogen (secondary N) is 1. The molecule has 0 aromatic heterocycles. The summed E-state index contributed by atoms with van der Waals surface area (Å²) in [4.78, 5) is 23.7. The summed E-state index contributed by atoms with van der Waals surface area (Å²) < 4.78 is 22.0. The number of nitrogens with zero attached hydrogens (tertiary/aromatic N) is 1. The molecule has 2 rings (SSSR count). The van der Waals surface area contributed by atoms with E-state index in [1.54, 1.807) is 50.4 Å². The van der Waals surface area contributed by atoms with E-state index in [9.17, 15) is 9.59 Å². The van der Waals surface area contributed by atoms with Gasteiger partial charge in [0.1, 0.15) is 5.75 Å². The minimum Gasteiger partial charge on any atom is -0.496 e. The molecule has 2 aromatic carbocycles. The van der Waals surface area contributed by atoms with Crippen molar-refractivity contribution in [3.05, 3.63) is 51.1 Å². The largest absolute Gasteiger partial charge is 0.496 e. The van der Waals surface area contributed by atoms with Crippen molar-refractivity contribution in [2.75, 3.05) is 26.9 Å². The van der Waals surface area contributed by atoms with Crippen LogP contribution in [0.2, 0.25) is 0 Å². The third-order valence-electron chi connectivity index (χ3n) is 3.71. The molecule has 0 bridgehead atoms. The average molecular weight is 526 g/mol. The number of carbonyl (C=O) groups is 2. The summed E-state index contributed by atoms with van der Waals surface area (Å²) in [6, 6.07) is 10.2. The lowest BCUT2D eigenvalue weighted by molar-refractivity contribution is -0.145. The number of hydrogen-bond donors (Lipinski definition) is 1. The maximum absolute atomic E-state index is 12.3. The molecule has 160 valence electrons. The third kappa shape index (κ3) is 6.90. The monoisotopic (exact) mass is 526 g/mol. The molecule has 9 heteroatoms. The number of hydrazone groups is 1. The van der Waals surface area contributed by atoms with Crippen LogP contribution in [0.4, 0.5) is 0 Å². The Labute approximate surface area is 188 Å². The van der Waals surface area contributed by atoms with Gasteiger partial charge in [0, 0.05) is 5.56 Å². The molecular weight excluding hydrogens is 503 g/mol. The normalized spacial score (nSPS) is 10.5. The first kappa shape index (κ1) is 23.5. The number of hydrogen-bond acceptors (Lipinski definition) is 7. The molecule has 0 saturated heterocycles. The van der Waals surface area contributed by atoms with Gasteiger partial charge in [0.05, 0.1) is 30.1 Å². The van der Waals surface area contributed by atoms with Crippen LogP contribution in [0.5, 0.6) is 17.2 Å². The Hall–Kier alpha value is -2.82. The SMILES string of the molecule is CCOC(=O)COc1ccc(/C=N\NC(=O)c2ccc(I)c(OC)c2)cc1OCC. The first-order chi connectivity index (χ1) is 14.5. The Bertz CT molecular complexity index is 916. The highest BCUT2D eigenvalue weighted by atomic mass is 127. The van der Waals surface area contributed by atoms with Crippen molar-refractivity contribution in [1.29, 1.82) is 0 Å². The summed E-state index contributed by atoms with van der Waals surface area (Å²) in [5.74, 6) is 0.671. The van der Waals surface area contributed by atoms with Crippen molar-refractivity contribution in [2.45, 2.75) is 13.8 Å². The standard InChI is InChI=1S/C21H23IN2O6/c1-4-28-19-10-14(6-9-17(19)30-13-20(25)29-5-2)12-23-24-21(26)15-7-8-16(22)18(11-15)27-3/h6-12H,4-5,13H2,1-3H3,(H,24,26)/b23-12-. The minimum atomic E-state index is -0.458. The predicted octanol–water partition coefficient (Wildman–Crippen LogP) is 3.40. The van der Waals surface area contributed by atoms with Gasteiger partial charge in [-0.05, 0) is 78.4 Å².